The van der Waals surface area contributed by atoms with Crippen molar-refractivity contribution in [2.24, 2.45) is 0 Å². The van der Waals surface area contributed by atoms with Crippen LogP contribution < -0.4 is 0 Å². The Labute approximate surface area is 313 Å². The highest BCUT2D eigenvalue weighted by Crippen LogP contribution is 2.44. The first kappa shape index (κ1) is 29.7. The fourth-order valence-electron chi connectivity index (χ4n) is 8.52. The van der Waals surface area contributed by atoms with Gasteiger partial charge in [-0.15, -0.1) is 11.3 Å². The lowest BCUT2D eigenvalue weighted by atomic mass is 9.93. The molecular weight excluding hydrogens is 677 g/mol. The summed E-state index contributed by atoms with van der Waals surface area (Å²) in [6.07, 6.45) is 0. The molecule has 54 heavy (non-hydrogen) atoms. The van der Waals surface area contributed by atoms with Gasteiger partial charge >= 0.3 is 0 Å². The SMILES string of the molecule is c1ccc2cc(-c3ccc4oc5cccc(-c6nc(-c7ccc8c9ccccc9c9ccccc9c8c7)c7sc8ccccc8c7n6)c5c4c3)ccc2c1. The molecule has 0 fully saturated rings. The number of aromatic nitrogens is 2. The van der Waals surface area contributed by atoms with Crippen LogP contribution in [-0.4, -0.2) is 9.97 Å². The van der Waals surface area contributed by atoms with Crippen LogP contribution in [0.25, 0.3) is 119 Å². The summed E-state index contributed by atoms with van der Waals surface area (Å²) >= 11 is 1.76. The summed E-state index contributed by atoms with van der Waals surface area (Å²) in [6, 6.07) is 60.8. The van der Waals surface area contributed by atoms with Gasteiger partial charge in [-0.1, -0.05) is 133 Å². The number of fused-ring (bicyclic) bond motifs is 13. The van der Waals surface area contributed by atoms with Crippen LogP contribution in [-0.2, 0) is 0 Å². The molecule has 12 rings (SSSR count). The topological polar surface area (TPSA) is 38.9 Å². The predicted molar refractivity (Wildman–Crippen MR) is 229 cm³/mol. The Morgan fingerprint density at radius 1 is 0.407 bits per heavy atom. The highest BCUT2D eigenvalue weighted by molar-refractivity contribution is 7.26. The van der Waals surface area contributed by atoms with Crippen LogP contribution in [0.3, 0.4) is 0 Å². The highest BCUT2D eigenvalue weighted by Gasteiger charge is 2.21. The summed E-state index contributed by atoms with van der Waals surface area (Å²) in [6.45, 7) is 0. The van der Waals surface area contributed by atoms with Gasteiger partial charge in [0.2, 0.25) is 0 Å². The zero-order valence-electron chi connectivity index (χ0n) is 28.9. The fourth-order valence-corrected chi connectivity index (χ4v) is 9.68. The maximum absolute atomic E-state index is 6.50. The van der Waals surface area contributed by atoms with Crippen LogP contribution in [0.15, 0.2) is 174 Å². The van der Waals surface area contributed by atoms with Gasteiger partial charge in [0.05, 0.1) is 15.9 Å². The Morgan fingerprint density at radius 2 is 1.04 bits per heavy atom. The molecule has 0 spiro atoms. The number of thiophene rings is 1. The van der Waals surface area contributed by atoms with Crippen molar-refractivity contribution >= 4 is 96.7 Å². The number of hydrogen-bond acceptors (Lipinski definition) is 4. The average molecular weight is 705 g/mol. The van der Waals surface area contributed by atoms with Crippen LogP contribution in [0, 0.1) is 0 Å². The van der Waals surface area contributed by atoms with E-state index in [1.807, 2.05) is 6.07 Å². The van der Waals surface area contributed by atoms with Gasteiger partial charge in [-0.3, -0.25) is 0 Å². The summed E-state index contributed by atoms with van der Waals surface area (Å²) in [5.41, 5.74) is 7.92. The first-order chi connectivity index (χ1) is 26.7. The molecule has 0 bridgehead atoms. The Morgan fingerprint density at radius 3 is 1.85 bits per heavy atom. The molecule has 0 N–H and O–H groups in total. The summed E-state index contributed by atoms with van der Waals surface area (Å²) in [5.74, 6) is 0.689. The molecule has 0 radical (unpaired) electrons. The Balaban J connectivity index is 1.12. The molecule has 9 aromatic carbocycles. The largest absolute Gasteiger partial charge is 0.456 e. The second kappa shape index (κ2) is 11.3. The van der Waals surface area contributed by atoms with Crippen LogP contribution in [0.1, 0.15) is 0 Å². The smallest absolute Gasteiger partial charge is 0.161 e. The first-order valence-corrected chi connectivity index (χ1v) is 19.0. The minimum absolute atomic E-state index is 0.689. The van der Waals surface area contributed by atoms with E-state index in [1.165, 1.54) is 53.4 Å². The zero-order chi connectivity index (χ0) is 35.3. The number of rotatable bonds is 3. The average Bonchev–Trinajstić information content (AvgIpc) is 3.81. The number of benzene rings is 9. The maximum atomic E-state index is 6.50. The third-order valence-corrected chi connectivity index (χ3v) is 12.2. The monoisotopic (exact) mass is 704 g/mol. The van der Waals surface area contributed by atoms with Gasteiger partial charge in [0.25, 0.3) is 0 Å². The normalized spacial score (nSPS) is 12.1. The maximum Gasteiger partial charge on any atom is 0.161 e. The van der Waals surface area contributed by atoms with Gasteiger partial charge in [0.1, 0.15) is 11.2 Å². The molecule has 0 atom stereocenters. The Hall–Kier alpha value is -6.88. The van der Waals surface area contributed by atoms with Crippen LogP contribution in [0.2, 0.25) is 0 Å². The van der Waals surface area contributed by atoms with Gasteiger partial charge in [0.15, 0.2) is 5.82 Å². The van der Waals surface area contributed by atoms with E-state index in [1.54, 1.807) is 11.3 Å². The van der Waals surface area contributed by atoms with Gasteiger partial charge in [-0.05, 0) is 90.6 Å². The van der Waals surface area contributed by atoms with Gasteiger partial charge in [-0.2, -0.15) is 0 Å². The third-order valence-electron chi connectivity index (χ3n) is 11.1. The number of nitrogens with zero attached hydrogens (tertiary/aromatic N) is 2. The van der Waals surface area contributed by atoms with E-state index in [9.17, 15) is 0 Å². The van der Waals surface area contributed by atoms with Gasteiger partial charge < -0.3 is 4.42 Å². The molecule has 12 aromatic rings. The second-order valence-corrected chi connectivity index (χ2v) is 15.1. The van der Waals surface area contributed by atoms with Gasteiger partial charge in [-0.25, -0.2) is 9.97 Å². The van der Waals surface area contributed by atoms with Crippen molar-refractivity contribution < 1.29 is 4.42 Å². The van der Waals surface area contributed by atoms with E-state index >= 15 is 0 Å². The van der Waals surface area contributed by atoms with Crippen molar-refractivity contribution in [2.45, 2.75) is 0 Å². The van der Waals surface area contributed by atoms with Crippen molar-refractivity contribution in [3.8, 4) is 33.8 Å². The number of furan rings is 1. The van der Waals surface area contributed by atoms with E-state index in [2.05, 4.69) is 164 Å². The zero-order valence-corrected chi connectivity index (χ0v) is 29.7. The van der Waals surface area contributed by atoms with Crippen LogP contribution >= 0.6 is 11.3 Å². The predicted octanol–water partition coefficient (Wildman–Crippen LogP) is 14.4. The van der Waals surface area contributed by atoms with Crippen molar-refractivity contribution in [1.82, 2.24) is 9.97 Å². The van der Waals surface area contributed by atoms with Crippen molar-refractivity contribution in [3.63, 3.8) is 0 Å². The van der Waals surface area contributed by atoms with Gasteiger partial charge in [0, 0.05) is 32.0 Å². The fraction of sp³-hybridized carbons (Fsp3) is 0. The molecule has 3 heterocycles. The molecule has 0 aliphatic carbocycles. The lowest BCUT2D eigenvalue weighted by Crippen LogP contribution is -1.94. The van der Waals surface area contributed by atoms with Crippen molar-refractivity contribution in [2.75, 3.05) is 0 Å². The second-order valence-electron chi connectivity index (χ2n) is 14.1. The molecule has 250 valence electrons. The summed E-state index contributed by atoms with van der Waals surface area (Å²) in [5, 5.41) is 13.2. The van der Waals surface area contributed by atoms with E-state index < -0.39 is 0 Å². The van der Waals surface area contributed by atoms with Crippen molar-refractivity contribution in [3.05, 3.63) is 170 Å². The van der Waals surface area contributed by atoms with E-state index in [4.69, 9.17) is 14.4 Å². The van der Waals surface area contributed by atoms with Crippen molar-refractivity contribution in [1.29, 1.82) is 0 Å². The minimum atomic E-state index is 0.689. The molecule has 3 nitrogen and oxygen atoms in total. The Bertz CT molecular complexity index is 3480. The summed E-state index contributed by atoms with van der Waals surface area (Å²) in [7, 11) is 0. The molecule has 4 heteroatoms. The van der Waals surface area contributed by atoms with E-state index in [0.717, 1.165) is 59.9 Å². The molecule has 0 aliphatic heterocycles. The quantitative estimate of drug-likeness (QED) is 0.172. The molecule has 0 saturated heterocycles. The molecule has 0 saturated carbocycles. The van der Waals surface area contributed by atoms with E-state index in [-0.39, 0.29) is 0 Å². The molecule has 0 amide bonds. The van der Waals surface area contributed by atoms with Crippen LogP contribution in [0.4, 0.5) is 0 Å². The first-order valence-electron chi connectivity index (χ1n) is 18.2. The molecule has 0 unspecified atom stereocenters. The standard InChI is InChI=1S/C50H28N2OS/c1-2-11-30-26-31(21-20-29(30)10-1)32-23-25-43-42(27-32)46-40(17-9-18-44(46)53-43)50-51-47(49-48(52-50)39-16-7-8-19-45(39)54-49)33-22-24-38-36-14-4-3-12-34(36)35-13-5-6-15-37(35)41(38)28-33/h1-28H. The third kappa shape index (κ3) is 4.35. The van der Waals surface area contributed by atoms with E-state index in [0.29, 0.717) is 5.82 Å². The lowest BCUT2D eigenvalue weighted by molar-refractivity contribution is 0.669. The highest BCUT2D eigenvalue weighted by atomic mass is 32.1. The minimum Gasteiger partial charge on any atom is -0.456 e. The molecule has 3 aromatic heterocycles. The molecule has 0 aliphatic rings. The Kier molecular flexibility index (Phi) is 6.21. The molecular formula is C50H28N2OS. The van der Waals surface area contributed by atoms with Crippen LogP contribution in [0.5, 0.6) is 0 Å². The number of hydrogen-bond donors (Lipinski definition) is 0. The lowest BCUT2D eigenvalue weighted by Gasteiger charge is -2.13. The summed E-state index contributed by atoms with van der Waals surface area (Å²) < 4.78 is 8.79. The summed E-state index contributed by atoms with van der Waals surface area (Å²) in [4.78, 5) is 10.9.